The summed E-state index contributed by atoms with van der Waals surface area (Å²) in [6.07, 6.45) is 4.86. The second-order valence-electron chi connectivity index (χ2n) is 6.13. The monoisotopic (exact) mass is 247 g/mol. The van der Waals surface area contributed by atoms with Gasteiger partial charge in [-0.3, -0.25) is 0 Å². The van der Waals surface area contributed by atoms with Gasteiger partial charge in [-0.1, -0.05) is 12.8 Å². The number of sulfone groups is 1. The van der Waals surface area contributed by atoms with E-state index in [0.717, 1.165) is 0 Å². The van der Waals surface area contributed by atoms with Crippen LogP contribution in [0.3, 0.4) is 0 Å². The van der Waals surface area contributed by atoms with Gasteiger partial charge in [0, 0.05) is 12.1 Å². The standard InChI is InChI=1S/C12H25NO2S/c1-11(2,3)16(14,15)10-9-13-12(4)7-5-6-8-12/h13H,5-10H2,1-4H3. The number of hydrogen-bond acceptors (Lipinski definition) is 3. The van der Waals surface area contributed by atoms with E-state index in [0.29, 0.717) is 6.54 Å². The average molecular weight is 247 g/mol. The van der Waals surface area contributed by atoms with Crippen molar-refractivity contribution >= 4 is 9.84 Å². The molecule has 0 aromatic heterocycles. The third-order valence-electron chi connectivity index (χ3n) is 3.56. The van der Waals surface area contributed by atoms with Crippen LogP contribution in [0.1, 0.15) is 53.4 Å². The van der Waals surface area contributed by atoms with E-state index in [1.54, 1.807) is 20.8 Å². The second kappa shape index (κ2) is 4.65. The number of rotatable bonds is 4. The summed E-state index contributed by atoms with van der Waals surface area (Å²) in [6.45, 7) is 8.07. The first-order chi connectivity index (χ1) is 7.16. The van der Waals surface area contributed by atoms with Gasteiger partial charge in [0.25, 0.3) is 0 Å². The smallest absolute Gasteiger partial charge is 0.156 e. The van der Waals surface area contributed by atoms with Crippen molar-refractivity contribution in [1.82, 2.24) is 5.32 Å². The molecule has 1 aliphatic rings. The first-order valence-electron chi connectivity index (χ1n) is 6.14. The molecule has 1 aliphatic carbocycles. The first-order valence-corrected chi connectivity index (χ1v) is 7.79. The lowest BCUT2D eigenvalue weighted by molar-refractivity contribution is 0.374. The molecule has 0 unspecified atom stereocenters. The van der Waals surface area contributed by atoms with E-state index in [4.69, 9.17) is 0 Å². The van der Waals surface area contributed by atoms with Crippen LogP contribution in [0.15, 0.2) is 0 Å². The maximum absolute atomic E-state index is 11.9. The summed E-state index contributed by atoms with van der Waals surface area (Å²) in [4.78, 5) is 0. The Balaban J connectivity index is 2.41. The Hall–Kier alpha value is -0.0900. The summed E-state index contributed by atoms with van der Waals surface area (Å²) < 4.78 is 23.1. The van der Waals surface area contributed by atoms with Crippen LogP contribution >= 0.6 is 0 Å². The lowest BCUT2D eigenvalue weighted by Gasteiger charge is -2.26. The minimum Gasteiger partial charge on any atom is -0.311 e. The van der Waals surface area contributed by atoms with Gasteiger partial charge in [0.15, 0.2) is 9.84 Å². The molecule has 96 valence electrons. The summed E-state index contributed by atoms with van der Waals surface area (Å²) in [5.74, 6) is 0.242. The van der Waals surface area contributed by atoms with Crippen LogP contribution < -0.4 is 5.32 Å². The van der Waals surface area contributed by atoms with Crippen LogP contribution in [0.5, 0.6) is 0 Å². The molecule has 4 heteroatoms. The van der Waals surface area contributed by atoms with Crippen molar-refractivity contribution in [3.63, 3.8) is 0 Å². The maximum atomic E-state index is 11.9. The first kappa shape index (κ1) is 14.0. The van der Waals surface area contributed by atoms with E-state index in [-0.39, 0.29) is 11.3 Å². The molecule has 1 saturated carbocycles. The van der Waals surface area contributed by atoms with Crippen LogP contribution in [-0.4, -0.2) is 31.0 Å². The molecule has 0 atom stereocenters. The topological polar surface area (TPSA) is 46.2 Å². The molecule has 0 spiro atoms. The Kier molecular flexibility index (Phi) is 4.06. The molecule has 1 N–H and O–H groups in total. The molecular weight excluding hydrogens is 222 g/mol. The van der Waals surface area contributed by atoms with E-state index in [9.17, 15) is 8.42 Å². The van der Waals surface area contributed by atoms with Crippen LogP contribution in [-0.2, 0) is 9.84 Å². The zero-order valence-electron chi connectivity index (χ0n) is 11.0. The molecular formula is C12H25NO2S. The highest BCUT2D eigenvalue weighted by Gasteiger charge is 2.31. The molecule has 1 rings (SSSR count). The molecule has 3 nitrogen and oxygen atoms in total. The molecule has 16 heavy (non-hydrogen) atoms. The van der Waals surface area contributed by atoms with E-state index < -0.39 is 14.6 Å². The van der Waals surface area contributed by atoms with Crippen molar-refractivity contribution in [3.8, 4) is 0 Å². The molecule has 0 radical (unpaired) electrons. The highest BCUT2D eigenvalue weighted by atomic mass is 32.2. The van der Waals surface area contributed by atoms with Gasteiger partial charge in [-0.25, -0.2) is 8.42 Å². The summed E-state index contributed by atoms with van der Waals surface area (Å²) >= 11 is 0. The molecule has 0 amide bonds. The Labute approximate surface area is 99.9 Å². The van der Waals surface area contributed by atoms with Crippen LogP contribution in [0, 0.1) is 0 Å². The maximum Gasteiger partial charge on any atom is 0.156 e. The van der Waals surface area contributed by atoms with Crippen molar-refractivity contribution in [2.24, 2.45) is 0 Å². The highest BCUT2D eigenvalue weighted by Crippen LogP contribution is 2.28. The predicted octanol–water partition coefficient (Wildman–Crippen LogP) is 2.12. The quantitative estimate of drug-likeness (QED) is 0.827. The summed E-state index contributed by atoms with van der Waals surface area (Å²) in [5, 5.41) is 3.41. The lowest BCUT2D eigenvalue weighted by Crippen LogP contribution is -2.43. The summed E-state index contributed by atoms with van der Waals surface area (Å²) in [7, 11) is -2.98. The minimum atomic E-state index is -2.98. The Morgan fingerprint density at radius 2 is 1.69 bits per heavy atom. The molecule has 0 bridgehead atoms. The van der Waals surface area contributed by atoms with Gasteiger partial charge < -0.3 is 5.32 Å². The Bertz CT molecular complexity index is 321. The van der Waals surface area contributed by atoms with Gasteiger partial charge in [-0.15, -0.1) is 0 Å². The fraction of sp³-hybridized carbons (Fsp3) is 1.00. The second-order valence-corrected chi connectivity index (χ2v) is 8.99. The van der Waals surface area contributed by atoms with Crippen molar-refractivity contribution in [1.29, 1.82) is 0 Å². The van der Waals surface area contributed by atoms with Crippen molar-refractivity contribution < 1.29 is 8.42 Å². The van der Waals surface area contributed by atoms with Crippen molar-refractivity contribution in [2.45, 2.75) is 63.7 Å². The lowest BCUT2D eigenvalue weighted by atomic mass is 10.0. The zero-order chi connectivity index (χ0) is 12.4. The van der Waals surface area contributed by atoms with Crippen molar-refractivity contribution in [2.75, 3.05) is 12.3 Å². The molecule has 0 aromatic carbocycles. The van der Waals surface area contributed by atoms with Crippen LogP contribution in [0.2, 0.25) is 0 Å². The van der Waals surface area contributed by atoms with E-state index in [1.807, 2.05) is 0 Å². The highest BCUT2D eigenvalue weighted by molar-refractivity contribution is 7.92. The van der Waals surface area contributed by atoms with E-state index in [2.05, 4.69) is 12.2 Å². The van der Waals surface area contributed by atoms with E-state index >= 15 is 0 Å². The third kappa shape index (κ3) is 3.45. The Morgan fingerprint density at radius 3 is 2.12 bits per heavy atom. The van der Waals surface area contributed by atoms with Gasteiger partial charge in [-0.2, -0.15) is 0 Å². The molecule has 0 heterocycles. The molecule has 1 fully saturated rings. The number of nitrogens with one attached hydrogen (secondary N) is 1. The summed E-state index contributed by atoms with van der Waals surface area (Å²) in [5.41, 5.74) is 0.174. The minimum absolute atomic E-state index is 0.174. The number of hydrogen-bond donors (Lipinski definition) is 1. The largest absolute Gasteiger partial charge is 0.311 e. The van der Waals surface area contributed by atoms with Gasteiger partial charge in [0.1, 0.15) is 0 Å². The van der Waals surface area contributed by atoms with Crippen molar-refractivity contribution in [3.05, 3.63) is 0 Å². The predicted molar refractivity (Wildman–Crippen MR) is 68.4 cm³/mol. The fourth-order valence-corrected chi connectivity index (χ4v) is 3.11. The third-order valence-corrected chi connectivity index (χ3v) is 6.17. The van der Waals surface area contributed by atoms with Crippen LogP contribution in [0.25, 0.3) is 0 Å². The Morgan fingerprint density at radius 1 is 1.19 bits per heavy atom. The van der Waals surface area contributed by atoms with Gasteiger partial charge in [-0.05, 0) is 40.5 Å². The zero-order valence-corrected chi connectivity index (χ0v) is 11.8. The van der Waals surface area contributed by atoms with Gasteiger partial charge >= 0.3 is 0 Å². The van der Waals surface area contributed by atoms with Gasteiger partial charge in [0.2, 0.25) is 0 Å². The average Bonchev–Trinajstić information content (AvgIpc) is 2.50. The van der Waals surface area contributed by atoms with E-state index in [1.165, 1.54) is 25.7 Å². The van der Waals surface area contributed by atoms with Gasteiger partial charge in [0.05, 0.1) is 10.5 Å². The normalized spacial score (nSPS) is 21.2. The van der Waals surface area contributed by atoms with Crippen LogP contribution in [0.4, 0.5) is 0 Å². The fourth-order valence-electron chi connectivity index (χ4n) is 2.13. The molecule has 0 saturated heterocycles. The summed E-state index contributed by atoms with van der Waals surface area (Å²) in [6, 6.07) is 0. The SMILES string of the molecule is CC1(NCCS(=O)(=O)C(C)(C)C)CCCC1. The molecule has 0 aromatic rings. The molecule has 0 aliphatic heterocycles.